The van der Waals surface area contributed by atoms with E-state index in [1.165, 1.54) is 34.8 Å². The zero-order valence-electron chi connectivity index (χ0n) is 62.4. The first kappa shape index (κ1) is 51.3. The summed E-state index contributed by atoms with van der Waals surface area (Å²) < 4.78 is 152. The van der Waals surface area contributed by atoms with Gasteiger partial charge in [0, 0.05) is 143 Å². The fraction of sp³-hybridized carbons (Fsp3) is 0.130. The molecule has 86 heavy (non-hydrogen) atoms. The summed E-state index contributed by atoms with van der Waals surface area (Å²) in [6.07, 6.45) is 6.41. The zero-order valence-corrected chi connectivity index (χ0v) is 53.6. The van der Waals surface area contributed by atoms with Gasteiger partial charge < -0.3 is 29.7 Å². The van der Waals surface area contributed by atoms with Crippen molar-refractivity contribution in [2.45, 2.75) is 41.3 Å². The largest absolute Gasteiger partial charge is 0.748 e. The van der Waals surface area contributed by atoms with E-state index in [1.54, 1.807) is 56.6 Å². The summed E-state index contributed by atoms with van der Waals surface area (Å²) >= 11 is 2.53. The molecule has 439 valence electrons. The van der Waals surface area contributed by atoms with E-state index in [9.17, 15) is 0 Å². The van der Waals surface area contributed by atoms with Crippen LogP contribution in [0.15, 0.2) is 188 Å². The smallest absolute Gasteiger partial charge is 0.124 e. The molecule has 8 aromatic heterocycles. The van der Waals surface area contributed by atoms with Crippen molar-refractivity contribution in [2.75, 3.05) is 20.5 Å². The third-order valence-corrected chi connectivity index (χ3v) is 12.4. The van der Waals surface area contributed by atoms with Gasteiger partial charge in [-0.15, -0.1) is 107 Å². The van der Waals surface area contributed by atoms with Crippen molar-refractivity contribution in [3.8, 4) is 80.6 Å². The first-order valence-corrected chi connectivity index (χ1v) is 27.7. The van der Waals surface area contributed by atoms with Crippen LogP contribution in [0.3, 0.4) is 0 Å². The molecular weight excluding hydrogens is 1480 g/mol. The van der Waals surface area contributed by atoms with Crippen molar-refractivity contribution in [1.29, 1.82) is 0 Å². The first-order chi connectivity index (χ1) is 46.8. The van der Waals surface area contributed by atoms with Crippen LogP contribution in [-0.2, 0) is 50.3 Å². The summed E-state index contributed by atoms with van der Waals surface area (Å²) in [5, 5.41) is 17.2. The molecule has 0 saturated heterocycles. The molecule has 0 spiro atoms. The number of rotatable bonds is 4. The molecular formula is C69H60BIr2N6O5S3-4. The molecule has 12 aromatic rings. The fourth-order valence-electron chi connectivity index (χ4n) is 6.90. The van der Waals surface area contributed by atoms with Gasteiger partial charge in [0.05, 0.1) is 21.3 Å². The monoisotopic (exact) mass is 1560 g/mol. The van der Waals surface area contributed by atoms with Crippen LogP contribution in [0, 0.1) is 81.1 Å². The van der Waals surface area contributed by atoms with Gasteiger partial charge in [-0.2, -0.15) is 11.3 Å². The normalized spacial score (nSPS) is 12.7. The first-order valence-electron chi connectivity index (χ1n) is 32.2. The number of benzene rings is 4. The minimum absolute atomic E-state index is 0. The van der Waals surface area contributed by atoms with Gasteiger partial charge in [0.15, 0.2) is 0 Å². The number of hydrogen-bond acceptors (Lipinski definition) is 13. The van der Waals surface area contributed by atoms with Crippen LogP contribution in [0.2, 0.25) is 0 Å². The summed E-state index contributed by atoms with van der Waals surface area (Å²) in [6, 6.07) is 50.6. The molecule has 0 amide bonds. The minimum Gasteiger partial charge on any atom is -0.748 e. The standard InChI is InChI=1S/C18H14N2S.C18H13N2S.2C11H8N.C8H6.CH4O3S.2CH4O.B.2Ir/c2*1-11-6-9-16(19-10-11)15-5-3-4-13-14-8-7-12(2)20-18(14)21-17(13)15;2*1-2-6-10(7-3-1)11-8-4-5-9-12-11;1-3-5-7-8-6-4-2;1-5(2,3)4;2*1-2;;;/h3-10H,1-2H3;3-4,6-10H,1-2H3;2*1-6,8-9H;1-2H3;1H3,(H,2,3,4);2*2H,1H3;;;/q;3*-1;;;;;;;/p-1/i2*1D3,2D3,6D,9D;;;;;;;;;. The number of aromatic nitrogens is 6. The second-order valence-corrected chi connectivity index (χ2v) is 19.2. The van der Waals surface area contributed by atoms with Crippen molar-refractivity contribution in [3.63, 3.8) is 0 Å². The second kappa shape index (κ2) is 39.7. The molecule has 5 radical (unpaired) electrons. The van der Waals surface area contributed by atoms with Crippen molar-refractivity contribution < 1.29 is 85.3 Å². The van der Waals surface area contributed by atoms with Crippen molar-refractivity contribution >= 4 is 81.8 Å². The van der Waals surface area contributed by atoms with E-state index in [0.717, 1.165) is 75.4 Å². The number of aliphatic hydroxyl groups is 2. The number of nitrogens with zero attached hydrogens (tertiary/aromatic N) is 6. The Hall–Kier alpha value is -7.91. The molecule has 0 aliphatic heterocycles. The molecule has 0 saturated carbocycles. The van der Waals surface area contributed by atoms with E-state index >= 15 is 0 Å². The van der Waals surface area contributed by atoms with Gasteiger partial charge in [0.25, 0.3) is 0 Å². The van der Waals surface area contributed by atoms with Crippen molar-refractivity contribution in [2.24, 2.45) is 0 Å². The van der Waals surface area contributed by atoms with Crippen LogP contribution in [0.4, 0.5) is 0 Å². The fourth-order valence-corrected chi connectivity index (χ4v) is 9.26. The Morgan fingerprint density at radius 2 is 0.988 bits per heavy atom. The van der Waals surface area contributed by atoms with Gasteiger partial charge in [-0.25, -0.2) is 18.4 Å². The average Bonchev–Trinajstić information content (AvgIpc) is 1.57. The number of thiophene rings is 2. The van der Waals surface area contributed by atoms with Gasteiger partial charge in [0.1, 0.15) is 9.66 Å². The van der Waals surface area contributed by atoms with E-state index in [-0.39, 0.29) is 101 Å². The molecule has 8 heterocycles. The Kier molecular flexibility index (Phi) is 23.7. The van der Waals surface area contributed by atoms with Crippen LogP contribution in [0.5, 0.6) is 0 Å². The Bertz CT molecular complexity index is 4630. The molecule has 0 aliphatic carbocycles. The Morgan fingerprint density at radius 3 is 1.44 bits per heavy atom. The predicted octanol–water partition coefficient (Wildman–Crippen LogP) is 14.2. The molecule has 12 rings (SSSR count). The SMILES string of the molecule is CC#CC#CC#CC.CO.CO.CS(=O)(=O)[O-].[2H]c1c(C([2H])([2H])[2H])cnc(-c2[c-]ccc3c2sc2nc(C([2H])([2H])[2H])ccc23)c1[2H].[2H]c1c(C([2H])([2H])[2H])cnc(-c2cccc3c2sc2nc(C([2H])([2H])[2H])ccc23)c1[2H].[B].[Ir].[Ir].[c-]1ccccc1-c1ccccn1.[c-]1ccccc1-c1ccccn1. The maximum absolute atomic E-state index is 9.08. The number of pyridine rings is 6. The molecule has 11 nitrogen and oxygen atoms in total. The van der Waals surface area contributed by atoms with Crippen LogP contribution < -0.4 is 0 Å². The van der Waals surface area contributed by atoms with E-state index in [0.29, 0.717) is 31.7 Å². The Balaban J connectivity index is 0.000000447. The van der Waals surface area contributed by atoms with Crippen LogP contribution in [0.25, 0.3) is 85.6 Å². The summed E-state index contributed by atoms with van der Waals surface area (Å²) in [7, 11) is -1.92. The van der Waals surface area contributed by atoms with Gasteiger partial charge in [0.2, 0.25) is 0 Å². The Labute approximate surface area is 565 Å². The van der Waals surface area contributed by atoms with E-state index in [1.807, 2.05) is 97.1 Å². The molecule has 4 aromatic carbocycles. The maximum atomic E-state index is 9.08. The summed E-state index contributed by atoms with van der Waals surface area (Å²) in [6.45, 7) is -6.18. The number of aliphatic hydroxyl groups excluding tert-OH is 2. The van der Waals surface area contributed by atoms with Gasteiger partial charge in [-0.3, -0.25) is 4.98 Å². The summed E-state index contributed by atoms with van der Waals surface area (Å²) in [5.74, 6) is 15.5. The Morgan fingerprint density at radius 1 is 0.512 bits per heavy atom. The molecule has 0 fully saturated rings. The van der Waals surface area contributed by atoms with Crippen molar-refractivity contribution in [3.05, 3.63) is 229 Å². The van der Waals surface area contributed by atoms with Crippen molar-refractivity contribution in [1.82, 2.24) is 29.9 Å². The molecule has 0 unspecified atom stereocenters. The van der Waals surface area contributed by atoms with Gasteiger partial charge >= 0.3 is 0 Å². The topological polar surface area (TPSA) is 175 Å². The second-order valence-electron chi connectivity index (χ2n) is 15.8. The van der Waals surface area contributed by atoms with E-state index in [2.05, 4.69) is 83.6 Å². The summed E-state index contributed by atoms with van der Waals surface area (Å²) in [5.41, 5.74) is 4.87. The summed E-state index contributed by atoms with van der Waals surface area (Å²) in [4.78, 5) is 26.4. The minimum atomic E-state index is -3.92. The van der Waals surface area contributed by atoms with Gasteiger partial charge in [-0.1, -0.05) is 83.9 Å². The third-order valence-electron chi connectivity index (χ3n) is 10.2. The maximum Gasteiger partial charge on any atom is 0.124 e. The molecule has 17 heteroatoms. The number of hydrogen-bond donors (Lipinski definition) is 2. The van der Waals surface area contributed by atoms with E-state index in [4.69, 9.17) is 45.1 Å². The molecule has 0 atom stereocenters. The number of fused-ring (bicyclic) bond motifs is 6. The quantitative estimate of drug-likeness (QED) is 0.0742. The van der Waals surface area contributed by atoms with Gasteiger partial charge in [-0.05, 0) is 140 Å². The average molecular weight is 1560 g/mol. The zero-order chi connectivity index (χ0) is 73.5. The molecule has 0 bridgehead atoms. The van der Waals surface area contributed by atoms with Crippen LogP contribution in [0.1, 0.15) is 58.3 Å². The van der Waals surface area contributed by atoms with Crippen LogP contribution in [-0.4, -0.2) is 82.0 Å². The third kappa shape index (κ3) is 23.5. The predicted molar refractivity (Wildman–Crippen MR) is 348 cm³/mol. The molecule has 2 N–H and O–H groups in total. The van der Waals surface area contributed by atoms with E-state index < -0.39 is 43.6 Å². The number of aryl methyl sites for hydroxylation is 4. The van der Waals surface area contributed by atoms with Crippen LogP contribution >= 0.6 is 22.7 Å². The molecule has 0 aliphatic rings.